The van der Waals surface area contributed by atoms with Crippen LogP contribution in [0.25, 0.3) is 0 Å². The zero-order valence-electron chi connectivity index (χ0n) is 9.68. The lowest BCUT2D eigenvalue weighted by molar-refractivity contribution is 0.102. The van der Waals surface area contributed by atoms with E-state index in [0.717, 1.165) is 0 Å². The minimum atomic E-state index is -0.392. The second-order valence-electron chi connectivity index (χ2n) is 3.80. The lowest BCUT2D eigenvalue weighted by Crippen LogP contribution is -2.13. The van der Waals surface area contributed by atoms with Gasteiger partial charge >= 0.3 is 0 Å². The maximum absolute atomic E-state index is 12.2. The Morgan fingerprint density at radius 1 is 1.00 bits per heavy atom. The monoisotopic (exact) mass is 411 g/mol. The summed E-state index contributed by atoms with van der Waals surface area (Å²) < 4.78 is 0.632. The summed E-state index contributed by atoms with van der Waals surface area (Å²) in [5, 5.41) is 3.87. The Bertz CT molecular complexity index is 690. The van der Waals surface area contributed by atoms with Crippen LogP contribution in [0.5, 0.6) is 0 Å². The fourth-order valence-corrected chi connectivity index (χ4v) is 2.66. The number of amides is 1. The number of halogens is 5. The smallest absolute Gasteiger partial charge is 0.257 e. The summed E-state index contributed by atoms with van der Waals surface area (Å²) >= 11 is 27.1. The van der Waals surface area contributed by atoms with Crippen molar-refractivity contribution in [3.05, 3.63) is 60.5 Å². The van der Waals surface area contributed by atoms with Gasteiger partial charge in [0.2, 0.25) is 0 Å². The van der Waals surface area contributed by atoms with Crippen molar-refractivity contribution < 1.29 is 4.79 Å². The van der Waals surface area contributed by atoms with Crippen molar-refractivity contribution in [2.24, 2.45) is 0 Å². The Kier molecular flexibility index (Phi) is 5.21. The van der Waals surface area contributed by atoms with Crippen LogP contribution in [-0.2, 0) is 0 Å². The molecule has 2 aromatic carbocycles. The number of rotatable bonds is 2. The first-order valence-corrected chi connectivity index (χ1v) is 7.60. The van der Waals surface area contributed by atoms with E-state index in [-0.39, 0.29) is 0 Å². The van der Waals surface area contributed by atoms with Crippen LogP contribution < -0.4 is 5.32 Å². The van der Waals surface area contributed by atoms with Crippen LogP contribution in [0.2, 0.25) is 20.1 Å². The zero-order chi connectivity index (χ0) is 14.9. The molecular formula is C13H6BrCl4NO. The van der Waals surface area contributed by atoms with Crippen LogP contribution in [0.3, 0.4) is 0 Å². The Hall–Kier alpha value is -0.450. The molecule has 1 amide bonds. The third kappa shape index (κ3) is 3.41. The van der Waals surface area contributed by atoms with Gasteiger partial charge in [0.25, 0.3) is 5.91 Å². The molecule has 0 aromatic heterocycles. The van der Waals surface area contributed by atoms with Gasteiger partial charge in [-0.15, -0.1) is 0 Å². The maximum Gasteiger partial charge on any atom is 0.257 e. The molecule has 0 saturated carbocycles. The molecule has 0 saturated heterocycles. The van der Waals surface area contributed by atoms with Gasteiger partial charge in [-0.25, -0.2) is 0 Å². The Morgan fingerprint density at radius 3 is 2.35 bits per heavy atom. The molecule has 0 unspecified atom stereocenters. The van der Waals surface area contributed by atoms with E-state index in [1.165, 1.54) is 12.1 Å². The Morgan fingerprint density at radius 2 is 1.65 bits per heavy atom. The Labute approximate surface area is 144 Å². The van der Waals surface area contributed by atoms with Crippen LogP contribution in [0, 0.1) is 0 Å². The normalized spacial score (nSPS) is 10.4. The first-order valence-electron chi connectivity index (χ1n) is 5.30. The molecule has 1 N–H and O–H groups in total. The van der Waals surface area contributed by atoms with Crippen LogP contribution in [0.15, 0.2) is 34.8 Å². The predicted octanol–water partition coefficient (Wildman–Crippen LogP) is 6.32. The highest BCUT2D eigenvalue weighted by molar-refractivity contribution is 9.10. The van der Waals surface area contributed by atoms with E-state index in [1.54, 1.807) is 18.2 Å². The van der Waals surface area contributed by atoms with Gasteiger partial charge in [0.15, 0.2) is 0 Å². The molecule has 2 aromatic rings. The molecule has 104 valence electrons. The van der Waals surface area contributed by atoms with Gasteiger partial charge in [-0.1, -0.05) is 52.5 Å². The largest absolute Gasteiger partial charge is 0.321 e. The highest BCUT2D eigenvalue weighted by atomic mass is 79.9. The van der Waals surface area contributed by atoms with E-state index in [4.69, 9.17) is 46.4 Å². The molecule has 2 rings (SSSR count). The number of hydrogen-bond acceptors (Lipinski definition) is 1. The minimum absolute atomic E-state index is 0.291. The molecule has 2 nitrogen and oxygen atoms in total. The molecule has 0 spiro atoms. The summed E-state index contributed by atoms with van der Waals surface area (Å²) in [7, 11) is 0. The average Bonchev–Trinajstić information content (AvgIpc) is 2.39. The first kappa shape index (κ1) is 15.9. The van der Waals surface area contributed by atoms with Crippen molar-refractivity contribution in [2.75, 3.05) is 5.32 Å². The average molecular weight is 414 g/mol. The first-order chi connectivity index (χ1) is 9.40. The number of carbonyl (C=O) groups excluding carboxylic acids is 1. The highest BCUT2D eigenvalue weighted by Gasteiger charge is 2.15. The molecule has 0 aliphatic heterocycles. The van der Waals surface area contributed by atoms with E-state index >= 15 is 0 Å². The molecule has 0 bridgehead atoms. The number of carbonyl (C=O) groups is 1. The summed E-state index contributed by atoms with van der Waals surface area (Å²) in [6.07, 6.45) is 0. The van der Waals surface area contributed by atoms with Gasteiger partial charge in [0.1, 0.15) is 0 Å². The van der Waals surface area contributed by atoms with Crippen LogP contribution in [-0.4, -0.2) is 5.91 Å². The molecule has 0 fully saturated rings. The van der Waals surface area contributed by atoms with Gasteiger partial charge in [0, 0.05) is 4.47 Å². The number of nitrogens with one attached hydrogen (secondary N) is 1. The SMILES string of the molecule is O=C(Nc1cc(Cl)c(Cl)cc1Cl)c1cccc(Br)c1Cl. The molecule has 0 atom stereocenters. The quantitative estimate of drug-likeness (QED) is 0.574. The summed E-state index contributed by atoms with van der Waals surface area (Å²) in [5.74, 6) is -0.392. The van der Waals surface area contributed by atoms with Gasteiger partial charge in [0.05, 0.1) is 31.3 Å². The van der Waals surface area contributed by atoms with E-state index < -0.39 is 5.91 Å². The third-order valence-corrected chi connectivity index (χ3v) is 4.79. The maximum atomic E-state index is 12.2. The van der Waals surface area contributed by atoms with Crippen molar-refractivity contribution >= 4 is 73.9 Å². The van der Waals surface area contributed by atoms with Crippen molar-refractivity contribution in [2.45, 2.75) is 0 Å². The van der Waals surface area contributed by atoms with E-state index in [9.17, 15) is 4.79 Å². The molecule has 0 aliphatic carbocycles. The van der Waals surface area contributed by atoms with Crippen molar-refractivity contribution in [1.82, 2.24) is 0 Å². The summed E-state index contributed by atoms with van der Waals surface area (Å²) in [6, 6.07) is 8.00. The van der Waals surface area contributed by atoms with E-state index in [1.807, 2.05) is 0 Å². The minimum Gasteiger partial charge on any atom is -0.321 e. The molecule has 7 heteroatoms. The summed E-state index contributed by atoms with van der Waals surface area (Å²) in [4.78, 5) is 12.2. The van der Waals surface area contributed by atoms with Crippen molar-refractivity contribution in [1.29, 1.82) is 0 Å². The summed E-state index contributed by atoms with van der Waals surface area (Å²) in [6.45, 7) is 0. The van der Waals surface area contributed by atoms with E-state index in [2.05, 4.69) is 21.2 Å². The van der Waals surface area contributed by atoms with Crippen molar-refractivity contribution in [3.8, 4) is 0 Å². The van der Waals surface area contributed by atoms with Gasteiger partial charge < -0.3 is 5.32 Å². The standard InChI is InChI=1S/C13H6BrCl4NO/c14-7-3-1-2-6(12(7)18)13(20)19-11-5-9(16)8(15)4-10(11)17/h1-5H,(H,19,20). The number of anilines is 1. The van der Waals surface area contributed by atoms with Gasteiger partial charge in [-0.2, -0.15) is 0 Å². The fourth-order valence-electron chi connectivity index (χ4n) is 1.49. The number of benzene rings is 2. The molecular weight excluding hydrogens is 408 g/mol. The predicted molar refractivity (Wildman–Crippen MR) is 88.6 cm³/mol. The molecule has 20 heavy (non-hydrogen) atoms. The van der Waals surface area contributed by atoms with Crippen LogP contribution >= 0.6 is 62.3 Å². The second-order valence-corrected chi connectivity index (χ2v) is 6.26. The molecule has 0 aliphatic rings. The topological polar surface area (TPSA) is 29.1 Å². The molecule has 0 heterocycles. The fraction of sp³-hybridized carbons (Fsp3) is 0. The van der Waals surface area contributed by atoms with Crippen LogP contribution in [0.4, 0.5) is 5.69 Å². The Balaban J connectivity index is 2.33. The van der Waals surface area contributed by atoms with Gasteiger partial charge in [-0.05, 0) is 40.2 Å². The van der Waals surface area contributed by atoms with Gasteiger partial charge in [-0.3, -0.25) is 4.79 Å². The second kappa shape index (κ2) is 6.54. The van der Waals surface area contributed by atoms with Crippen molar-refractivity contribution in [3.63, 3.8) is 0 Å². The lowest BCUT2D eigenvalue weighted by Gasteiger charge is -2.10. The number of hydrogen-bond donors (Lipinski definition) is 1. The lowest BCUT2D eigenvalue weighted by atomic mass is 10.2. The zero-order valence-corrected chi connectivity index (χ0v) is 14.3. The van der Waals surface area contributed by atoms with Crippen LogP contribution in [0.1, 0.15) is 10.4 Å². The third-order valence-electron chi connectivity index (χ3n) is 2.45. The van der Waals surface area contributed by atoms with E-state index in [0.29, 0.717) is 35.8 Å². The molecule has 0 radical (unpaired) electrons. The highest BCUT2D eigenvalue weighted by Crippen LogP contribution is 2.33. The summed E-state index contributed by atoms with van der Waals surface area (Å²) in [5.41, 5.74) is 0.685.